The standard InChI is InChI=1S/C8H8ClN.ClH/c9-6-7-10-8-4-2-1-3-5-8;/h1-7,10H;1H. The van der Waals surface area contributed by atoms with E-state index in [0.717, 1.165) is 5.69 Å². The zero-order valence-corrected chi connectivity index (χ0v) is 7.40. The van der Waals surface area contributed by atoms with Gasteiger partial charge < -0.3 is 5.32 Å². The molecule has 0 aliphatic heterocycles. The van der Waals surface area contributed by atoms with E-state index < -0.39 is 0 Å². The van der Waals surface area contributed by atoms with Crippen LogP contribution in [0, 0.1) is 0 Å². The van der Waals surface area contributed by atoms with Gasteiger partial charge >= 0.3 is 0 Å². The molecule has 1 aromatic carbocycles. The lowest BCUT2D eigenvalue weighted by molar-refractivity contribution is 1.59. The highest BCUT2D eigenvalue weighted by molar-refractivity contribution is 6.25. The second-order valence-corrected chi connectivity index (χ2v) is 2.05. The summed E-state index contributed by atoms with van der Waals surface area (Å²) in [5.41, 5.74) is 2.48. The molecule has 0 bridgehead atoms. The molecule has 0 aliphatic rings. The van der Waals surface area contributed by atoms with Gasteiger partial charge in [0, 0.05) is 17.4 Å². The summed E-state index contributed by atoms with van der Waals surface area (Å²) in [5, 5.41) is 2.98. The van der Waals surface area contributed by atoms with Gasteiger partial charge in [0.25, 0.3) is 0 Å². The van der Waals surface area contributed by atoms with Crippen LogP contribution in [-0.2, 0) is 0 Å². The molecule has 11 heavy (non-hydrogen) atoms. The minimum atomic E-state index is 0. The summed E-state index contributed by atoms with van der Waals surface area (Å²) in [6.45, 7) is 0. The normalized spacial score (nSPS) is 9.18. The van der Waals surface area contributed by atoms with E-state index in [0.29, 0.717) is 0 Å². The van der Waals surface area contributed by atoms with E-state index in [1.165, 1.54) is 5.54 Å². The molecule has 0 atom stereocenters. The lowest BCUT2D eigenvalue weighted by Gasteiger charge is -1.96. The highest BCUT2D eigenvalue weighted by Gasteiger charge is 1.80. The van der Waals surface area contributed by atoms with Crippen molar-refractivity contribution in [3.05, 3.63) is 42.1 Å². The third kappa shape index (κ3) is 3.91. The van der Waals surface area contributed by atoms with Crippen LogP contribution in [0.2, 0.25) is 0 Å². The van der Waals surface area contributed by atoms with Crippen molar-refractivity contribution in [2.24, 2.45) is 0 Å². The highest BCUT2D eigenvalue weighted by atomic mass is 35.5. The molecule has 0 saturated carbocycles. The fourth-order valence-electron chi connectivity index (χ4n) is 0.662. The second kappa shape index (κ2) is 6.08. The van der Waals surface area contributed by atoms with Gasteiger partial charge in [-0.2, -0.15) is 0 Å². The third-order valence-corrected chi connectivity index (χ3v) is 1.21. The van der Waals surface area contributed by atoms with Crippen LogP contribution in [0.5, 0.6) is 0 Å². The van der Waals surface area contributed by atoms with E-state index in [1.807, 2.05) is 30.3 Å². The SMILES string of the molecule is Cl.ClC=CNc1ccccc1. The van der Waals surface area contributed by atoms with Crippen LogP contribution >= 0.6 is 24.0 Å². The van der Waals surface area contributed by atoms with Crippen LogP contribution < -0.4 is 5.32 Å². The Balaban J connectivity index is 0.000001000. The average Bonchev–Trinajstić information content (AvgIpc) is 2.03. The molecule has 0 aliphatic carbocycles. The molecule has 0 radical (unpaired) electrons. The number of hydrogen-bond acceptors (Lipinski definition) is 1. The summed E-state index contributed by atoms with van der Waals surface area (Å²) in [4.78, 5) is 0. The minimum absolute atomic E-state index is 0. The van der Waals surface area contributed by atoms with E-state index >= 15 is 0 Å². The molecule has 0 saturated heterocycles. The number of hydrogen-bond donors (Lipinski definition) is 1. The summed E-state index contributed by atoms with van der Waals surface area (Å²) in [5.74, 6) is 0. The van der Waals surface area contributed by atoms with Crippen molar-refractivity contribution >= 4 is 29.7 Å². The zero-order valence-electron chi connectivity index (χ0n) is 5.83. The largest absolute Gasteiger partial charge is 0.361 e. The van der Waals surface area contributed by atoms with E-state index in [1.54, 1.807) is 6.20 Å². The first-order chi connectivity index (χ1) is 4.93. The number of anilines is 1. The first-order valence-electron chi connectivity index (χ1n) is 3.00. The topological polar surface area (TPSA) is 12.0 Å². The number of halogens is 2. The molecule has 0 amide bonds. The molecule has 0 aromatic heterocycles. The molecule has 60 valence electrons. The van der Waals surface area contributed by atoms with Gasteiger partial charge in [-0.15, -0.1) is 12.4 Å². The van der Waals surface area contributed by atoms with Gasteiger partial charge in [-0.05, 0) is 12.1 Å². The predicted octanol–water partition coefficient (Wildman–Crippen LogP) is 3.23. The van der Waals surface area contributed by atoms with Gasteiger partial charge in [0.15, 0.2) is 0 Å². The fraction of sp³-hybridized carbons (Fsp3) is 0. The Morgan fingerprint density at radius 3 is 2.36 bits per heavy atom. The molecule has 0 heterocycles. The Morgan fingerprint density at radius 1 is 1.18 bits per heavy atom. The second-order valence-electron chi connectivity index (χ2n) is 1.80. The quantitative estimate of drug-likeness (QED) is 0.754. The first-order valence-corrected chi connectivity index (χ1v) is 3.44. The number of para-hydroxylation sites is 1. The Hall–Kier alpha value is -0.660. The van der Waals surface area contributed by atoms with Crippen molar-refractivity contribution in [2.75, 3.05) is 5.32 Å². The van der Waals surface area contributed by atoms with Crippen LogP contribution in [0.1, 0.15) is 0 Å². The van der Waals surface area contributed by atoms with E-state index in [2.05, 4.69) is 5.32 Å². The summed E-state index contributed by atoms with van der Waals surface area (Å²) >= 11 is 5.31. The maximum atomic E-state index is 5.31. The van der Waals surface area contributed by atoms with Crippen molar-refractivity contribution in [1.82, 2.24) is 0 Å². The van der Waals surface area contributed by atoms with Gasteiger partial charge in [0.1, 0.15) is 0 Å². The van der Waals surface area contributed by atoms with Crippen molar-refractivity contribution in [2.45, 2.75) is 0 Å². The molecule has 0 unspecified atom stereocenters. The zero-order chi connectivity index (χ0) is 7.23. The Bertz CT molecular complexity index is 209. The molecule has 1 rings (SSSR count). The molecule has 0 spiro atoms. The van der Waals surface area contributed by atoms with Crippen molar-refractivity contribution in [1.29, 1.82) is 0 Å². The maximum absolute atomic E-state index is 5.31. The lowest BCUT2D eigenvalue weighted by atomic mass is 10.3. The number of rotatable bonds is 2. The molecule has 0 fully saturated rings. The third-order valence-electron chi connectivity index (χ3n) is 1.09. The van der Waals surface area contributed by atoms with Crippen LogP contribution in [-0.4, -0.2) is 0 Å². The van der Waals surface area contributed by atoms with Crippen LogP contribution in [0.25, 0.3) is 0 Å². The number of nitrogens with one attached hydrogen (secondary N) is 1. The van der Waals surface area contributed by atoms with Gasteiger partial charge in [-0.1, -0.05) is 29.8 Å². The Kier molecular flexibility index (Phi) is 5.71. The Morgan fingerprint density at radius 2 is 1.82 bits per heavy atom. The fourth-order valence-corrected chi connectivity index (χ4v) is 0.725. The number of benzene rings is 1. The van der Waals surface area contributed by atoms with Gasteiger partial charge in [0.05, 0.1) is 0 Å². The van der Waals surface area contributed by atoms with Crippen molar-refractivity contribution in [3.63, 3.8) is 0 Å². The van der Waals surface area contributed by atoms with Crippen molar-refractivity contribution < 1.29 is 0 Å². The monoisotopic (exact) mass is 189 g/mol. The average molecular weight is 190 g/mol. The summed E-state index contributed by atoms with van der Waals surface area (Å²) < 4.78 is 0. The van der Waals surface area contributed by atoms with Crippen molar-refractivity contribution in [3.8, 4) is 0 Å². The Labute approximate surface area is 77.5 Å². The van der Waals surface area contributed by atoms with Crippen LogP contribution in [0.15, 0.2) is 42.1 Å². The van der Waals surface area contributed by atoms with Gasteiger partial charge in [-0.3, -0.25) is 0 Å². The molecule has 1 nitrogen and oxygen atoms in total. The summed E-state index contributed by atoms with van der Waals surface area (Å²) in [6.07, 6.45) is 1.68. The highest BCUT2D eigenvalue weighted by Crippen LogP contribution is 2.04. The molecule has 1 aromatic rings. The molecular formula is C8H9Cl2N. The summed E-state index contributed by atoms with van der Waals surface area (Å²) in [6, 6.07) is 9.83. The van der Waals surface area contributed by atoms with Crippen LogP contribution in [0.4, 0.5) is 5.69 Å². The summed E-state index contributed by atoms with van der Waals surface area (Å²) in [7, 11) is 0. The lowest BCUT2D eigenvalue weighted by Crippen LogP contribution is -1.83. The maximum Gasteiger partial charge on any atom is 0.0379 e. The van der Waals surface area contributed by atoms with E-state index in [4.69, 9.17) is 11.6 Å². The molecular weight excluding hydrogens is 181 g/mol. The minimum Gasteiger partial charge on any atom is -0.361 e. The van der Waals surface area contributed by atoms with Crippen LogP contribution in [0.3, 0.4) is 0 Å². The first kappa shape index (κ1) is 10.3. The van der Waals surface area contributed by atoms with E-state index in [-0.39, 0.29) is 12.4 Å². The van der Waals surface area contributed by atoms with Gasteiger partial charge in [0.2, 0.25) is 0 Å². The molecule has 1 N–H and O–H groups in total. The van der Waals surface area contributed by atoms with Gasteiger partial charge in [-0.25, -0.2) is 0 Å². The predicted molar refractivity (Wildman–Crippen MR) is 52.3 cm³/mol. The molecule has 3 heteroatoms. The smallest absolute Gasteiger partial charge is 0.0379 e. The van der Waals surface area contributed by atoms with E-state index in [9.17, 15) is 0 Å².